The number of hydrogen-bond acceptors (Lipinski definition) is 3. The highest BCUT2D eigenvalue weighted by Gasteiger charge is 2.21. The van der Waals surface area contributed by atoms with Gasteiger partial charge in [-0.05, 0) is 47.9 Å². The summed E-state index contributed by atoms with van der Waals surface area (Å²) in [4.78, 5) is 0. The van der Waals surface area contributed by atoms with E-state index in [-0.39, 0.29) is 6.10 Å². The first kappa shape index (κ1) is 12.5. The van der Waals surface area contributed by atoms with Gasteiger partial charge in [-0.1, -0.05) is 24.3 Å². The van der Waals surface area contributed by atoms with Crippen molar-refractivity contribution in [3.8, 4) is 0 Å². The highest BCUT2D eigenvalue weighted by molar-refractivity contribution is 7.99. The van der Waals surface area contributed by atoms with E-state index in [1.807, 2.05) is 0 Å². The SMILES string of the molecule is c1ccc2c(c1)CCOC2CNCC1CCSC1. The summed E-state index contributed by atoms with van der Waals surface area (Å²) in [6, 6.07) is 8.70. The molecule has 2 aliphatic heterocycles. The first-order valence-electron chi connectivity index (χ1n) is 6.91. The molecule has 0 amide bonds. The van der Waals surface area contributed by atoms with E-state index in [2.05, 4.69) is 41.3 Å². The molecule has 1 saturated heterocycles. The molecule has 0 aromatic heterocycles. The summed E-state index contributed by atoms with van der Waals surface area (Å²) in [5.41, 5.74) is 2.85. The maximum atomic E-state index is 5.90. The van der Waals surface area contributed by atoms with Gasteiger partial charge in [-0.3, -0.25) is 0 Å². The van der Waals surface area contributed by atoms with Gasteiger partial charge >= 0.3 is 0 Å². The van der Waals surface area contributed by atoms with Crippen LogP contribution in [0.5, 0.6) is 0 Å². The van der Waals surface area contributed by atoms with Gasteiger partial charge in [0, 0.05) is 6.54 Å². The van der Waals surface area contributed by atoms with E-state index < -0.39 is 0 Å². The molecule has 2 unspecified atom stereocenters. The van der Waals surface area contributed by atoms with Gasteiger partial charge in [0.15, 0.2) is 0 Å². The van der Waals surface area contributed by atoms with Crippen LogP contribution in [0.3, 0.4) is 0 Å². The van der Waals surface area contributed by atoms with Crippen LogP contribution in [0, 0.1) is 5.92 Å². The molecule has 0 spiro atoms. The van der Waals surface area contributed by atoms with Crippen LogP contribution >= 0.6 is 11.8 Å². The Balaban J connectivity index is 1.54. The Morgan fingerprint density at radius 2 is 2.22 bits per heavy atom. The smallest absolute Gasteiger partial charge is 0.0952 e. The van der Waals surface area contributed by atoms with Crippen molar-refractivity contribution in [2.45, 2.75) is 18.9 Å². The molecule has 2 atom stereocenters. The molecular weight excluding hydrogens is 242 g/mol. The van der Waals surface area contributed by atoms with Crippen LogP contribution in [-0.4, -0.2) is 31.2 Å². The number of thioether (sulfide) groups is 1. The molecule has 18 heavy (non-hydrogen) atoms. The summed E-state index contributed by atoms with van der Waals surface area (Å²) in [6.45, 7) is 2.97. The second kappa shape index (κ2) is 6.09. The zero-order chi connectivity index (χ0) is 12.2. The Bertz CT molecular complexity index is 390. The molecule has 0 bridgehead atoms. The summed E-state index contributed by atoms with van der Waals surface area (Å²) in [5, 5.41) is 3.60. The molecule has 0 aliphatic carbocycles. The molecule has 2 nitrogen and oxygen atoms in total. The van der Waals surface area contributed by atoms with Crippen LogP contribution in [-0.2, 0) is 11.2 Å². The first-order chi connectivity index (χ1) is 8.93. The van der Waals surface area contributed by atoms with Crippen molar-refractivity contribution in [1.82, 2.24) is 5.32 Å². The number of fused-ring (bicyclic) bond motifs is 1. The third-order valence-corrected chi connectivity index (χ3v) is 5.11. The maximum absolute atomic E-state index is 5.90. The Hall–Kier alpha value is -0.510. The van der Waals surface area contributed by atoms with E-state index in [9.17, 15) is 0 Å². The number of nitrogens with one attached hydrogen (secondary N) is 1. The fourth-order valence-corrected chi connectivity index (χ4v) is 4.09. The standard InChI is InChI=1S/C15H21NOS/c1-2-4-14-13(3-1)5-7-17-15(14)10-16-9-12-6-8-18-11-12/h1-4,12,15-16H,5-11H2. The van der Waals surface area contributed by atoms with Gasteiger partial charge < -0.3 is 10.1 Å². The molecular formula is C15H21NOS. The minimum absolute atomic E-state index is 0.254. The Morgan fingerprint density at radius 3 is 3.11 bits per heavy atom. The van der Waals surface area contributed by atoms with E-state index in [0.717, 1.165) is 32.0 Å². The van der Waals surface area contributed by atoms with Crippen molar-refractivity contribution >= 4 is 11.8 Å². The van der Waals surface area contributed by atoms with E-state index in [0.29, 0.717) is 0 Å². The maximum Gasteiger partial charge on any atom is 0.0952 e. The largest absolute Gasteiger partial charge is 0.372 e. The summed E-state index contributed by atoms with van der Waals surface area (Å²) in [6.07, 6.45) is 2.69. The van der Waals surface area contributed by atoms with Gasteiger partial charge in [-0.2, -0.15) is 11.8 Å². The van der Waals surface area contributed by atoms with E-state index in [4.69, 9.17) is 4.74 Å². The fraction of sp³-hybridized carbons (Fsp3) is 0.600. The van der Waals surface area contributed by atoms with E-state index >= 15 is 0 Å². The molecule has 1 N–H and O–H groups in total. The normalized spacial score (nSPS) is 27.1. The predicted molar refractivity (Wildman–Crippen MR) is 77.1 cm³/mol. The van der Waals surface area contributed by atoms with Crippen LogP contribution in [0.2, 0.25) is 0 Å². The molecule has 0 saturated carbocycles. The molecule has 1 aromatic carbocycles. The highest BCUT2D eigenvalue weighted by atomic mass is 32.2. The van der Waals surface area contributed by atoms with Gasteiger partial charge in [-0.15, -0.1) is 0 Å². The van der Waals surface area contributed by atoms with Gasteiger partial charge in [0.25, 0.3) is 0 Å². The van der Waals surface area contributed by atoms with Crippen molar-refractivity contribution < 1.29 is 4.74 Å². The molecule has 1 fully saturated rings. The van der Waals surface area contributed by atoms with Gasteiger partial charge in [0.2, 0.25) is 0 Å². The van der Waals surface area contributed by atoms with Gasteiger partial charge in [0.1, 0.15) is 0 Å². The van der Waals surface area contributed by atoms with Crippen molar-refractivity contribution in [3.63, 3.8) is 0 Å². The molecule has 3 rings (SSSR count). The lowest BCUT2D eigenvalue weighted by atomic mass is 9.97. The summed E-state index contributed by atoms with van der Waals surface area (Å²) < 4.78 is 5.90. The summed E-state index contributed by atoms with van der Waals surface area (Å²) >= 11 is 2.09. The van der Waals surface area contributed by atoms with Crippen LogP contribution in [0.25, 0.3) is 0 Å². The minimum atomic E-state index is 0.254. The van der Waals surface area contributed by atoms with Gasteiger partial charge in [-0.25, -0.2) is 0 Å². The van der Waals surface area contributed by atoms with Crippen LogP contribution in [0.15, 0.2) is 24.3 Å². The zero-order valence-electron chi connectivity index (χ0n) is 10.7. The molecule has 1 aromatic rings. The summed E-state index contributed by atoms with van der Waals surface area (Å²) in [7, 11) is 0. The van der Waals surface area contributed by atoms with Crippen molar-refractivity contribution in [1.29, 1.82) is 0 Å². The Labute approximate surface area is 113 Å². The number of rotatable bonds is 4. The van der Waals surface area contributed by atoms with Crippen molar-refractivity contribution in [3.05, 3.63) is 35.4 Å². The van der Waals surface area contributed by atoms with Gasteiger partial charge in [0.05, 0.1) is 12.7 Å². The first-order valence-corrected chi connectivity index (χ1v) is 8.07. The molecule has 2 heterocycles. The molecule has 3 heteroatoms. The average Bonchev–Trinajstić information content (AvgIpc) is 2.92. The summed E-state index contributed by atoms with van der Waals surface area (Å²) in [5.74, 6) is 3.54. The van der Waals surface area contributed by atoms with E-state index in [1.54, 1.807) is 0 Å². The minimum Gasteiger partial charge on any atom is -0.372 e. The van der Waals surface area contributed by atoms with Crippen LogP contribution in [0.1, 0.15) is 23.7 Å². The zero-order valence-corrected chi connectivity index (χ0v) is 11.5. The third-order valence-electron chi connectivity index (χ3n) is 3.88. The van der Waals surface area contributed by atoms with Crippen molar-refractivity contribution in [2.75, 3.05) is 31.2 Å². The Morgan fingerprint density at radius 1 is 1.28 bits per heavy atom. The predicted octanol–water partition coefficient (Wildman–Crippen LogP) is 2.64. The average molecular weight is 263 g/mol. The molecule has 98 valence electrons. The third kappa shape index (κ3) is 2.90. The molecule has 2 aliphatic rings. The van der Waals surface area contributed by atoms with E-state index in [1.165, 1.54) is 29.1 Å². The second-order valence-corrected chi connectivity index (χ2v) is 6.35. The number of benzene rings is 1. The lowest BCUT2D eigenvalue weighted by Crippen LogP contribution is -2.30. The Kier molecular flexibility index (Phi) is 4.24. The second-order valence-electron chi connectivity index (χ2n) is 5.20. The number of hydrogen-bond donors (Lipinski definition) is 1. The highest BCUT2D eigenvalue weighted by Crippen LogP contribution is 2.27. The molecule has 0 radical (unpaired) electrons. The van der Waals surface area contributed by atoms with Crippen LogP contribution in [0.4, 0.5) is 0 Å². The lowest BCUT2D eigenvalue weighted by molar-refractivity contribution is 0.0421. The quantitative estimate of drug-likeness (QED) is 0.902. The van der Waals surface area contributed by atoms with Crippen LogP contribution < -0.4 is 5.32 Å². The lowest BCUT2D eigenvalue weighted by Gasteiger charge is -2.26. The topological polar surface area (TPSA) is 21.3 Å². The monoisotopic (exact) mass is 263 g/mol. The number of ether oxygens (including phenoxy) is 1. The van der Waals surface area contributed by atoms with Crippen molar-refractivity contribution in [2.24, 2.45) is 5.92 Å². The fourth-order valence-electron chi connectivity index (χ4n) is 2.81.